The van der Waals surface area contributed by atoms with Crippen LogP contribution in [0.1, 0.15) is 18.9 Å². The van der Waals surface area contributed by atoms with Crippen molar-refractivity contribution in [2.24, 2.45) is 5.10 Å². The number of hydrogen-bond acceptors (Lipinski definition) is 4. The van der Waals surface area contributed by atoms with E-state index in [0.29, 0.717) is 6.61 Å². The van der Waals surface area contributed by atoms with Crippen LogP contribution in [-0.4, -0.2) is 19.9 Å². The van der Waals surface area contributed by atoms with Gasteiger partial charge in [-0.2, -0.15) is 5.10 Å². The second kappa shape index (κ2) is 8.63. The average Bonchev–Trinajstić information content (AvgIpc) is 2.54. The largest absolute Gasteiger partial charge is 0.493 e. The fourth-order valence-electron chi connectivity index (χ4n) is 1.85. The van der Waals surface area contributed by atoms with Crippen molar-refractivity contribution in [3.05, 3.63) is 51.6 Å². The van der Waals surface area contributed by atoms with E-state index in [1.54, 1.807) is 13.3 Å². The predicted molar refractivity (Wildman–Crippen MR) is 99.2 cm³/mol. The Labute approximate surface area is 144 Å². The van der Waals surface area contributed by atoms with Gasteiger partial charge in [0.15, 0.2) is 11.5 Å². The normalized spacial score (nSPS) is 10.7. The summed E-state index contributed by atoms with van der Waals surface area (Å²) in [6.07, 6.45) is 2.73. The maximum absolute atomic E-state index is 5.74. The SMILES string of the molecule is CCCOc1c(I)cc(/C=N/Nc2ccccc2)cc1OC. The Kier molecular flexibility index (Phi) is 6.51. The molecule has 0 unspecified atom stereocenters. The van der Waals surface area contributed by atoms with Crippen LogP contribution in [0.25, 0.3) is 0 Å². The molecule has 0 saturated heterocycles. The Morgan fingerprint density at radius 2 is 2.00 bits per heavy atom. The van der Waals surface area contributed by atoms with Crippen LogP contribution in [0, 0.1) is 3.57 Å². The Morgan fingerprint density at radius 3 is 2.68 bits per heavy atom. The third kappa shape index (κ3) is 4.62. The summed E-state index contributed by atoms with van der Waals surface area (Å²) in [5.41, 5.74) is 4.89. The van der Waals surface area contributed by atoms with Crippen LogP contribution >= 0.6 is 22.6 Å². The molecule has 0 fully saturated rings. The van der Waals surface area contributed by atoms with Gasteiger partial charge in [0.05, 0.1) is 29.2 Å². The number of para-hydroxylation sites is 1. The van der Waals surface area contributed by atoms with E-state index in [2.05, 4.69) is 40.0 Å². The smallest absolute Gasteiger partial charge is 0.174 e. The van der Waals surface area contributed by atoms with E-state index in [9.17, 15) is 0 Å². The van der Waals surface area contributed by atoms with Gasteiger partial charge in [-0.25, -0.2) is 0 Å². The molecule has 0 radical (unpaired) electrons. The fraction of sp³-hybridized carbons (Fsp3) is 0.235. The van der Waals surface area contributed by atoms with Gasteiger partial charge in [0.1, 0.15) is 0 Å². The minimum absolute atomic E-state index is 0.676. The molecular formula is C17H19IN2O2. The summed E-state index contributed by atoms with van der Waals surface area (Å²) in [7, 11) is 1.65. The minimum atomic E-state index is 0.676. The third-order valence-electron chi connectivity index (χ3n) is 2.88. The van der Waals surface area contributed by atoms with Gasteiger partial charge in [0.2, 0.25) is 0 Å². The summed E-state index contributed by atoms with van der Waals surface area (Å²) in [6.45, 7) is 2.75. The van der Waals surface area contributed by atoms with Crippen LogP contribution in [0.5, 0.6) is 11.5 Å². The number of ether oxygens (including phenoxy) is 2. The summed E-state index contributed by atoms with van der Waals surface area (Å²) >= 11 is 2.25. The molecule has 1 N–H and O–H groups in total. The van der Waals surface area contributed by atoms with Gasteiger partial charge < -0.3 is 9.47 Å². The highest BCUT2D eigenvalue weighted by atomic mass is 127. The average molecular weight is 410 g/mol. The van der Waals surface area contributed by atoms with Crippen molar-refractivity contribution in [2.45, 2.75) is 13.3 Å². The Hall–Kier alpha value is -1.76. The molecule has 2 rings (SSSR count). The van der Waals surface area contributed by atoms with Gasteiger partial charge in [0, 0.05) is 0 Å². The predicted octanol–water partition coefficient (Wildman–Crippen LogP) is 4.53. The van der Waals surface area contributed by atoms with Gasteiger partial charge in [0.25, 0.3) is 0 Å². The lowest BCUT2D eigenvalue weighted by Gasteiger charge is -2.12. The molecule has 5 heteroatoms. The van der Waals surface area contributed by atoms with Gasteiger partial charge >= 0.3 is 0 Å². The lowest BCUT2D eigenvalue weighted by molar-refractivity contribution is 0.292. The third-order valence-corrected chi connectivity index (χ3v) is 3.68. The monoisotopic (exact) mass is 410 g/mol. The van der Waals surface area contributed by atoms with Crippen LogP contribution in [0.15, 0.2) is 47.6 Å². The van der Waals surface area contributed by atoms with Crippen LogP contribution in [-0.2, 0) is 0 Å². The Morgan fingerprint density at radius 1 is 1.23 bits per heavy atom. The Balaban J connectivity index is 2.12. The molecule has 2 aromatic rings. The zero-order chi connectivity index (χ0) is 15.8. The summed E-state index contributed by atoms with van der Waals surface area (Å²) < 4.78 is 12.2. The summed E-state index contributed by atoms with van der Waals surface area (Å²) in [5.74, 6) is 1.51. The van der Waals surface area contributed by atoms with Crippen molar-refractivity contribution < 1.29 is 9.47 Å². The van der Waals surface area contributed by atoms with Gasteiger partial charge in [-0.05, 0) is 58.8 Å². The molecule has 0 saturated carbocycles. The minimum Gasteiger partial charge on any atom is -0.493 e. The summed E-state index contributed by atoms with van der Waals surface area (Å²) in [6, 6.07) is 13.8. The summed E-state index contributed by atoms with van der Waals surface area (Å²) in [5, 5.41) is 4.25. The molecule has 0 aliphatic heterocycles. The van der Waals surface area contributed by atoms with Crippen LogP contribution in [0.2, 0.25) is 0 Å². The maximum atomic E-state index is 5.74. The molecule has 0 spiro atoms. The molecule has 0 aliphatic carbocycles. The topological polar surface area (TPSA) is 42.8 Å². The van der Waals surface area contributed by atoms with Crippen LogP contribution in [0.3, 0.4) is 0 Å². The van der Waals surface area contributed by atoms with Crippen LogP contribution in [0.4, 0.5) is 5.69 Å². The van der Waals surface area contributed by atoms with E-state index < -0.39 is 0 Å². The first-order chi connectivity index (χ1) is 10.7. The molecule has 0 bridgehead atoms. The van der Waals surface area contributed by atoms with E-state index in [-0.39, 0.29) is 0 Å². The number of rotatable bonds is 7. The Bertz CT molecular complexity index is 630. The molecule has 0 heterocycles. The highest BCUT2D eigenvalue weighted by Crippen LogP contribution is 2.33. The maximum Gasteiger partial charge on any atom is 0.174 e. The zero-order valence-electron chi connectivity index (χ0n) is 12.7. The molecule has 116 valence electrons. The van der Waals surface area contributed by atoms with Gasteiger partial charge in [-0.3, -0.25) is 5.43 Å². The van der Waals surface area contributed by atoms with Crippen molar-refractivity contribution in [1.29, 1.82) is 0 Å². The molecule has 0 amide bonds. The molecular weight excluding hydrogens is 391 g/mol. The standard InChI is InChI=1S/C17H19IN2O2/c1-3-9-22-17-15(18)10-13(11-16(17)21-2)12-19-20-14-7-5-4-6-8-14/h4-8,10-12,20H,3,9H2,1-2H3/b19-12+. The first kappa shape index (κ1) is 16.6. The van der Waals surface area contributed by atoms with Gasteiger partial charge in [-0.1, -0.05) is 25.1 Å². The molecule has 0 aromatic heterocycles. The van der Waals surface area contributed by atoms with Crippen molar-refractivity contribution in [1.82, 2.24) is 0 Å². The van der Waals surface area contributed by atoms with Crippen molar-refractivity contribution in [3.8, 4) is 11.5 Å². The fourth-order valence-corrected chi connectivity index (χ4v) is 2.63. The number of anilines is 1. The second-order valence-electron chi connectivity index (χ2n) is 4.62. The van der Waals surface area contributed by atoms with Crippen molar-refractivity contribution >= 4 is 34.5 Å². The number of methoxy groups -OCH3 is 1. The number of nitrogens with one attached hydrogen (secondary N) is 1. The van der Waals surface area contributed by atoms with Crippen molar-refractivity contribution in [3.63, 3.8) is 0 Å². The van der Waals surface area contributed by atoms with E-state index in [1.807, 2.05) is 42.5 Å². The number of hydrazone groups is 1. The molecule has 0 aliphatic rings. The number of nitrogens with zero attached hydrogens (tertiary/aromatic N) is 1. The van der Waals surface area contributed by atoms with E-state index >= 15 is 0 Å². The number of hydrogen-bond donors (Lipinski definition) is 1. The van der Waals surface area contributed by atoms with E-state index in [4.69, 9.17) is 9.47 Å². The first-order valence-corrected chi connectivity index (χ1v) is 8.17. The molecule has 4 nitrogen and oxygen atoms in total. The van der Waals surface area contributed by atoms with Gasteiger partial charge in [-0.15, -0.1) is 0 Å². The second-order valence-corrected chi connectivity index (χ2v) is 5.78. The zero-order valence-corrected chi connectivity index (χ0v) is 14.8. The highest BCUT2D eigenvalue weighted by Gasteiger charge is 2.10. The molecule has 2 aromatic carbocycles. The quantitative estimate of drug-likeness (QED) is 0.414. The van der Waals surface area contributed by atoms with E-state index in [1.165, 1.54) is 0 Å². The molecule has 22 heavy (non-hydrogen) atoms. The summed E-state index contributed by atoms with van der Waals surface area (Å²) in [4.78, 5) is 0. The number of halogens is 1. The van der Waals surface area contributed by atoms with Crippen molar-refractivity contribution in [2.75, 3.05) is 19.1 Å². The first-order valence-electron chi connectivity index (χ1n) is 7.09. The lowest BCUT2D eigenvalue weighted by Crippen LogP contribution is -2.01. The van der Waals surface area contributed by atoms with Crippen LogP contribution < -0.4 is 14.9 Å². The molecule has 0 atom stereocenters. The van der Waals surface area contributed by atoms with E-state index in [0.717, 1.165) is 32.7 Å². The highest BCUT2D eigenvalue weighted by molar-refractivity contribution is 14.1. The lowest BCUT2D eigenvalue weighted by atomic mass is 10.2. The number of benzene rings is 2.